The van der Waals surface area contributed by atoms with Crippen LogP contribution in [-0.2, 0) is 9.59 Å². The highest BCUT2D eigenvalue weighted by atomic mass is 35.5. The summed E-state index contributed by atoms with van der Waals surface area (Å²) in [5.41, 5.74) is 0.614. The van der Waals surface area contributed by atoms with Gasteiger partial charge in [0, 0.05) is 30.6 Å². The van der Waals surface area contributed by atoms with Crippen LogP contribution in [0.4, 0.5) is 5.69 Å². The van der Waals surface area contributed by atoms with E-state index in [4.69, 9.17) is 16.3 Å². The Labute approximate surface area is 146 Å². The Hall–Kier alpha value is -1.79. The van der Waals surface area contributed by atoms with Crippen molar-refractivity contribution >= 4 is 29.1 Å². The summed E-state index contributed by atoms with van der Waals surface area (Å²) < 4.78 is 5.31. The summed E-state index contributed by atoms with van der Waals surface area (Å²) in [6.45, 7) is 1.97. The largest absolute Gasteiger partial charge is 0.495 e. The highest BCUT2D eigenvalue weighted by Gasteiger charge is 2.36. The van der Waals surface area contributed by atoms with Crippen molar-refractivity contribution in [2.24, 2.45) is 5.92 Å². The van der Waals surface area contributed by atoms with Gasteiger partial charge < -0.3 is 20.3 Å². The van der Waals surface area contributed by atoms with Gasteiger partial charge >= 0.3 is 0 Å². The fourth-order valence-corrected chi connectivity index (χ4v) is 3.46. The number of carbonyl (C=O) groups excluding carboxylic acids is 2. The molecule has 130 valence electrons. The molecule has 2 fully saturated rings. The zero-order valence-corrected chi connectivity index (χ0v) is 14.4. The molecule has 3 rings (SSSR count). The van der Waals surface area contributed by atoms with Crippen molar-refractivity contribution in [3.63, 3.8) is 0 Å². The van der Waals surface area contributed by atoms with Gasteiger partial charge in [0.25, 0.3) is 0 Å². The Balaban J connectivity index is 1.64. The fraction of sp³-hybridized carbons (Fsp3) is 0.529. The van der Waals surface area contributed by atoms with Crippen LogP contribution in [0.25, 0.3) is 0 Å². The first-order chi connectivity index (χ1) is 11.6. The van der Waals surface area contributed by atoms with Crippen LogP contribution in [0.1, 0.15) is 19.3 Å². The van der Waals surface area contributed by atoms with E-state index in [1.54, 1.807) is 30.2 Å². The van der Waals surface area contributed by atoms with Crippen molar-refractivity contribution in [1.82, 2.24) is 10.6 Å². The predicted molar refractivity (Wildman–Crippen MR) is 92.5 cm³/mol. The van der Waals surface area contributed by atoms with Crippen LogP contribution in [-0.4, -0.2) is 44.6 Å². The predicted octanol–water partition coefficient (Wildman–Crippen LogP) is 1.57. The van der Waals surface area contributed by atoms with Crippen molar-refractivity contribution in [1.29, 1.82) is 0 Å². The number of nitrogens with one attached hydrogen (secondary N) is 2. The highest BCUT2D eigenvalue weighted by molar-refractivity contribution is 6.31. The van der Waals surface area contributed by atoms with Gasteiger partial charge in [-0.25, -0.2) is 0 Å². The number of hydrogen-bond acceptors (Lipinski definition) is 4. The monoisotopic (exact) mass is 351 g/mol. The molecule has 2 amide bonds. The van der Waals surface area contributed by atoms with Crippen LogP contribution in [0.15, 0.2) is 18.2 Å². The Morgan fingerprint density at radius 1 is 1.50 bits per heavy atom. The molecule has 2 heterocycles. The number of nitrogens with zero attached hydrogens (tertiary/aromatic N) is 1. The summed E-state index contributed by atoms with van der Waals surface area (Å²) in [6.07, 6.45) is 2.43. The normalized spacial score (nSPS) is 23.6. The molecule has 0 aliphatic carbocycles. The van der Waals surface area contributed by atoms with E-state index in [-0.39, 0.29) is 24.2 Å². The molecule has 0 spiro atoms. The molecular formula is C17H22ClN3O3. The number of methoxy groups -OCH3 is 1. The smallest absolute Gasteiger partial charge is 0.227 e. The van der Waals surface area contributed by atoms with Gasteiger partial charge in [0.1, 0.15) is 5.75 Å². The quantitative estimate of drug-likeness (QED) is 0.844. The number of benzene rings is 1. The molecule has 0 saturated carbocycles. The third-order valence-corrected chi connectivity index (χ3v) is 4.85. The zero-order valence-electron chi connectivity index (χ0n) is 13.7. The number of ether oxygens (including phenoxy) is 1. The Morgan fingerprint density at radius 3 is 3.04 bits per heavy atom. The topological polar surface area (TPSA) is 70.7 Å². The van der Waals surface area contributed by atoms with Crippen molar-refractivity contribution in [2.45, 2.75) is 25.3 Å². The minimum atomic E-state index is -0.345. The molecule has 0 aromatic heterocycles. The number of carbonyl (C=O) groups is 2. The highest BCUT2D eigenvalue weighted by Crippen LogP contribution is 2.35. The average molecular weight is 352 g/mol. The van der Waals surface area contributed by atoms with Crippen LogP contribution in [0, 0.1) is 5.92 Å². The second-order valence-electron chi connectivity index (χ2n) is 6.26. The number of amides is 2. The summed E-state index contributed by atoms with van der Waals surface area (Å²) in [5.74, 6) is 0.0711. The van der Waals surface area contributed by atoms with Crippen LogP contribution < -0.4 is 20.3 Å². The maximum Gasteiger partial charge on any atom is 0.227 e. The molecule has 2 aliphatic rings. The molecule has 2 saturated heterocycles. The number of halogens is 1. The first kappa shape index (κ1) is 17.0. The van der Waals surface area contributed by atoms with E-state index in [0.29, 0.717) is 35.6 Å². The van der Waals surface area contributed by atoms with E-state index >= 15 is 0 Å². The minimum Gasteiger partial charge on any atom is -0.495 e. The Kier molecular flexibility index (Phi) is 5.26. The first-order valence-electron chi connectivity index (χ1n) is 8.23. The van der Waals surface area contributed by atoms with Gasteiger partial charge in [0.05, 0.1) is 18.7 Å². The molecule has 0 bridgehead atoms. The van der Waals surface area contributed by atoms with Crippen molar-refractivity contribution in [2.75, 3.05) is 31.6 Å². The lowest BCUT2D eigenvalue weighted by molar-refractivity contribution is -0.126. The van der Waals surface area contributed by atoms with E-state index in [1.165, 1.54) is 0 Å². The van der Waals surface area contributed by atoms with Gasteiger partial charge in [0.15, 0.2) is 0 Å². The summed E-state index contributed by atoms with van der Waals surface area (Å²) >= 11 is 6.04. The zero-order chi connectivity index (χ0) is 17.1. The van der Waals surface area contributed by atoms with E-state index in [1.807, 2.05) is 0 Å². The number of anilines is 1. The second-order valence-corrected chi connectivity index (χ2v) is 6.70. The molecule has 2 unspecified atom stereocenters. The standard InChI is InChI=1S/C17H22ClN3O3/c1-24-15-5-4-12(18)8-14(15)21-10-11(7-16(21)22)17(23)20-9-13-3-2-6-19-13/h4-5,8,11,13,19H,2-3,6-7,9-10H2,1H3,(H,20,23). The van der Waals surface area contributed by atoms with Gasteiger partial charge in [-0.2, -0.15) is 0 Å². The van der Waals surface area contributed by atoms with Gasteiger partial charge in [-0.15, -0.1) is 0 Å². The molecule has 6 nitrogen and oxygen atoms in total. The Bertz CT molecular complexity index is 632. The lowest BCUT2D eigenvalue weighted by Gasteiger charge is -2.20. The molecule has 1 aromatic rings. The SMILES string of the molecule is COc1ccc(Cl)cc1N1CC(C(=O)NCC2CCCN2)CC1=O. The van der Waals surface area contributed by atoms with Crippen LogP contribution in [0.2, 0.25) is 5.02 Å². The minimum absolute atomic E-state index is 0.0689. The van der Waals surface area contributed by atoms with Crippen LogP contribution in [0.3, 0.4) is 0 Å². The van der Waals surface area contributed by atoms with E-state index < -0.39 is 0 Å². The summed E-state index contributed by atoms with van der Waals surface area (Å²) in [6, 6.07) is 5.48. The molecule has 2 aliphatic heterocycles. The summed E-state index contributed by atoms with van der Waals surface area (Å²) in [4.78, 5) is 26.3. The molecule has 2 N–H and O–H groups in total. The van der Waals surface area contributed by atoms with E-state index in [0.717, 1.165) is 19.4 Å². The van der Waals surface area contributed by atoms with Crippen LogP contribution >= 0.6 is 11.6 Å². The summed E-state index contributed by atoms with van der Waals surface area (Å²) in [7, 11) is 1.55. The lowest BCUT2D eigenvalue weighted by Crippen LogP contribution is -2.40. The molecule has 0 radical (unpaired) electrons. The van der Waals surface area contributed by atoms with Crippen LogP contribution in [0.5, 0.6) is 5.75 Å². The molecular weight excluding hydrogens is 330 g/mol. The fourth-order valence-electron chi connectivity index (χ4n) is 3.29. The molecule has 24 heavy (non-hydrogen) atoms. The first-order valence-corrected chi connectivity index (χ1v) is 8.61. The third-order valence-electron chi connectivity index (χ3n) is 4.61. The number of hydrogen-bond donors (Lipinski definition) is 2. The maximum absolute atomic E-state index is 12.4. The van der Waals surface area contributed by atoms with Gasteiger partial charge in [-0.1, -0.05) is 11.6 Å². The van der Waals surface area contributed by atoms with Crippen molar-refractivity contribution in [3.05, 3.63) is 23.2 Å². The van der Waals surface area contributed by atoms with E-state index in [9.17, 15) is 9.59 Å². The van der Waals surface area contributed by atoms with Crippen molar-refractivity contribution < 1.29 is 14.3 Å². The Morgan fingerprint density at radius 2 is 2.33 bits per heavy atom. The van der Waals surface area contributed by atoms with Gasteiger partial charge in [0.2, 0.25) is 11.8 Å². The number of rotatable bonds is 5. The summed E-state index contributed by atoms with van der Waals surface area (Å²) in [5, 5.41) is 6.83. The van der Waals surface area contributed by atoms with Gasteiger partial charge in [-0.05, 0) is 37.6 Å². The molecule has 1 aromatic carbocycles. The third kappa shape index (κ3) is 3.65. The average Bonchev–Trinajstić information content (AvgIpc) is 3.22. The molecule has 7 heteroatoms. The maximum atomic E-state index is 12.4. The van der Waals surface area contributed by atoms with Crippen molar-refractivity contribution in [3.8, 4) is 5.75 Å². The second kappa shape index (κ2) is 7.40. The lowest BCUT2D eigenvalue weighted by atomic mass is 10.1. The molecule has 2 atom stereocenters. The van der Waals surface area contributed by atoms with E-state index in [2.05, 4.69) is 10.6 Å². The van der Waals surface area contributed by atoms with Gasteiger partial charge in [-0.3, -0.25) is 9.59 Å².